The summed E-state index contributed by atoms with van der Waals surface area (Å²) in [5, 5.41) is 0. The van der Waals surface area contributed by atoms with Crippen LogP contribution < -0.4 is 0 Å². The molecule has 0 radical (unpaired) electrons. The molecule has 6 spiro atoms. The Morgan fingerprint density at radius 1 is 0.176 bits per heavy atom. The Kier molecular flexibility index (Phi) is 45.0. The second kappa shape index (κ2) is 52.4. The smallest absolute Gasteiger partial charge is 0.173 e. The minimum absolute atomic E-state index is 0.126. The first-order valence-corrected chi connectivity index (χ1v) is 53.9. The van der Waals surface area contributed by atoms with E-state index in [4.69, 9.17) is 56.8 Å². The molecular weight excluding hydrogens is 1480 g/mol. The van der Waals surface area contributed by atoms with Crippen molar-refractivity contribution in [3.05, 3.63) is 0 Å². The third-order valence-electron chi connectivity index (χ3n) is 33.4. The summed E-state index contributed by atoms with van der Waals surface area (Å²) in [5.41, 5.74) is 1.71. The predicted octanol–water partition coefficient (Wildman–Crippen LogP) is 30.1. The van der Waals surface area contributed by atoms with Gasteiger partial charge in [-0.25, -0.2) is 0 Å². The Morgan fingerprint density at radius 3 is 0.622 bits per heavy atom. The molecule has 25 rings (SSSR count). The largest absolute Gasteiger partial charge is 0.351 e. The fraction of sp³-hybridized carbons (Fsp3) is 1.00. The Morgan fingerprint density at radius 2 is 0.378 bits per heavy atom. The van der Waals surface area contributed by atoms with Gasteiger partial charge in [0.2, 0.25) is 0 Å². The van der Waals surface area contributed by atoms with E-state index < -0.39 is 0 Å². The van der Waals surface area contributed by atoms with Gasteiger partial charge in [-0.1, -0.05) is 154 Å². The molecule has 0 aromatic heterocycles. The van der Waals surface area contributed by atoms with Gasteiger partial charge in [0, 0.05) is 61.6 Å². The van der Waals surface area contributed by atoms with Gasteiger partial charge in [-0.15, -0.1) is 0 Å². The molecule has 0 aromatic carbocycles. The van der Waals surface area contributed by atoms with E-state index in [2.05, 4.69) is 0 Å². The SMILES string of the molecule is C1CCCC2(CC1)C1CC3CC(C1)CC2C3.C1CCCC2(CC1)CCCCC2.C1CCOC2(CC3CCC2C3)OC1.C1CCOC2(CC3CCC2C3)OCC1.C1CCOC2(OC1)C1CC3CC(C1)CC2C3.C1CCOC2(OCC1)C1CC3CC(C1)CC2C3.CC.CC.CC.CC.CC.CC.CC1(C)OCCCCCO1.CC1(C)OCCCCO1. The van der Waals surface area contributed by atoms with Crippen molar-refractivity contribution < 1.29 is 56.8 Å². The molecule has 6 heterocycles. The average molecular weight is 1680 g/mol. The first-order valence-electron chi connectivity index (χ1n) is 53.9. The third-order valence-corrected chi connectivity index (χ3v) is 33.4. The lowest BCUT2D eigenvalue weighted by Gasteiger charge is -2.62. The summed E-state index contributed by atoms with van der Waals surface area (Å²) in [4.78, 5) is 0. The van der Waals surface area contributed by atoms with Crippen molar-refractivity contribution in [2.75, 3.05) is 79.3 Å². The molecule has 4 atom stereocenters. The van der Waals surface area contributed by atoms with Crippen LogP contribution in [0.3, 0.4) is 0 Å². The van der Waals surface area contributed by atoms with Crippen LogP contribution in [0.2, 0.25) is 0 Å². The van der Waals surface area contributed by atoms with Crippen molar-refractivity contribution in [2.45, 2.75) is 499 Å². The fourth-order valence-corrected chi connectivity index (χ4v) is 28.6. The van der Waals surface area contributed by atoms with Gasteiger partial charge in [0.1, 0.15) is 0 Å². The maximum absolute atomic E-state index is 6.33. The van der Waals surface area contributed by atoms with Crippen LogP contribution in [0.4, 0.5) is 0 Å². The minimum Gasteiger partial charge on any atom is -0.351 e. The summed E-state index contributed by atoms with van der Waals surface area (Å²) in [6, 6.07) is 0. The highest BCUT2D eigenvalue weighted by atomic mass is 16.7. The summed E-state index contributed by atoms with van der Waals surface area (Å²) >= 11 is 0. The summed E-state index contributed by atoms with van der Waals surface area (Å²) in [6.45, 7) is 42.6. The van der Waals surface area contributed by atoms with Gasteiger partial charge < -0.3 is 56.8 Å². The molecule has 12 heteroatoms. The van der Waals surface area contributed by atoms with Crippen molar-refractivity contribution in [3.63, 3.8) is 0 Å². The van der Waals surface area contributed by atoms with E-state index in [1.807, 2.05) is 111 Å². The van der Waals surface area contributed by atoms with Crippen molar-refractivity contribution in [3.8, 4) is 0 Å². The van der Waals surface area contributed by atoms with E-state index in [0.29, 0.717) is 5.92 Å². The molecule has 4 unspecified atom stereocenters. The summed E-state index contributed by atoms with van der Waals surface area (Å²) in [7, 11) is 0. The highest BCUT2D eigenvalue weighted by Gasteiger charge is 2.62. The van der Waals surface area contributed by atoms with Crippen LogP contribution >= 0.6 is 0 Å². The van der Waals surface area contributed by atoms with Crippen LogP contribution in [0.15, 0.2) is 0 Å². The summed E-state index contributed by atoms with van der Waals surface area (Å²) < 4.78 is 70.8. The lowest BCUT2D eigenvalue weighted by Crippen LogP contribution is -2.60. The van der Waals surface area contributed by atoms with Crippen LogP contribution in [0.1, 0.15) is 464 Å². The van der Waals surface area contributed by atoms with Gasteiger partial charge in [0.15, 0.2) is 34.7 Å². The quantitative estimate of drug-likeness (QED) is 0.230. The Hall–Kier alpha value is -0.480. The standard InChI is InChI=1S/C16H26.C15H24O2.C14H22O2.C12H20O2.C12H22.C11H18O2.C8H16O2.C7H14O2.6C2H6/c1-2-4-6-16(5-3-1)14-8-12-7-13(10-14)11-15(16)9-12;1-2-4-16-15(17-5-3-1)13-7-11-6-12(9-13)10-14(15)8-11;1-2-4-16-14(15-3-1)12-6-10-5-11(8-12)9-13(14)7-10;1-2-6-13-12(14-7-3-1)9-10-4-5-11(12)8-10;1-2-5-9-12(8-4-1)10-6-3-7-11-12;1-2-6-13-11(12-5-1)8-9-3-4-10(11)7-9;1-8(2)9-6-4-3-5-7-10-8;1-7(2)8-5-3-4-6-9-7;6*1-2/h12-15H,1-11H2;11-14H,1-10H2;10-13H,1-9H2;10-11H,1-9H2;1-11H2;9-10H,1-8H2;3-7H2,1-2H3;3-6H2,1-2H3;6*1-2H3. The van der Waals surface area contributed by atoms with Gasteiger partial charge in [-0.05, 0) is 367 Å². The van der Waals surface area contributed by atoms with E-state index in [1.54, 1.807) is 83.5 Å². The molecule has 0 N–H and O–H groups in total. The normalized spacial score (nSPS) is 37.3. The molecular formula is C107H198O12. The maximum Gasteiger partial charge on any atom is 0.173 e. The zero-order chi connectivity index (χ0) is 85.1. The van der Waals surface area contributed by atoms with Crippen molar-refractivity contribution in [2.24, 2.45) is 106 Å². The molecule has 16 bridgehead atoms. The Balaban J connectivity index is 0.000000153. The van der Waals surface area contributed by atoms with Gasteiger partial charge >= 0.3 is 0 Å². The van der Waals surface area contributed by atoms with E-state index in [-0.39, 0.29) is 34.7 Å². The third kappa shape index (κ3) is 28.0. The molecule has 19 aliphatic carbocycles. The average Bonchev–Trinajstić information content (AvgIpc) is 1.67. The Bertz CT molecular complexity index is 2410. The fourth-order valence-electron chi connectivity index (χ4n) is 28.6. The van der Waals surface area contributed by atoms with E-state index in [0.717, 1.165) is 180 Å². The first kappa shape index (κ1) is 102. The predicted molar refractivity (Wildman–Crippen MR) is 493 cm³/mol. The molecule has 12 nitrogen and oxygen atoms in total. The molecule has 6 aliphatic heterocycles. The maximum atomic E-state index is 6.33. The highest BCUT2D eigenvalue weighted by Crippen LogP contribution is 2.67. The molecule has 25 aliphatic rings. The zero-order valence-corrected chi connectivity index (χ0v) is 81.5. The molecule has 6 saturated heterocycles. The Labute approximate surface area is 736 Å². The number of rotatable bonds is 0. The molecule has 0 amide bonds. The summed E-state index contributed by atoms with van der Waals surface area (Å²) in [6.07, 6.45) is 77.1. The summed E-state index contributed by atoms with van der Waals surface area (Å²) in [5.74, 6) is 13.6. The van der Waals surface area contributed by atoms with Crippen LogP contribution in [-0.4, -0.2) is 114 Å². The van der Waals surface area contributed by atoms with Crippen LogP contribution in [0.25, 0.3) is 0 Å². The molecule has 19 saturated carbocycles. The topological polar surface area (TPSA) is 111 Å². The number of ether oxygens (including phenoxy) is 12. The van der Waals surface area contributed by atoms with Crippen molar-refractivity contribution in [1.29, 1.82) is 0 Å². The van der Waals surface area contributed by atoms with Gasteiger partial charge in [0.05, 0.1) is 66.1 Å². The molecule has 119 heavy (non-hydrogen) atoms. The van der Waals surface area contributed by atoms with E-state index in [1.165, 1.54) is 269 Å². The number of hydrogen-bond acceptors (Lipinski definition) is 12. The monoisotopic (exact) mass is 1680 g/mol. The van der Waals surface area contributed by atoms with E-state index in [9.17, 15) is 0 Å². The van der Waals surface area contributed by atoms with Crippen LogP contribution in [0, 0.1) is 106 Å². The first-order chi connectivity index (χ1) is 58.2. The highest BCUT2D eigenvalue weighted by molar-refractivity contribution is 5.08. The van der Waals surface area contributed by atoms with Gasteiger partial charge in [-0.2, -0.15) is 0 Å². The number of hydrogen-bond donors (Lipinski definition) is 0. The minimum atomic E-state index is -0.347. The van der Waals surface area contributed by atoms with Crippen molar-refractivity contribution in [1.82, 2.24) is 0 Å². The van der Waals surface area contributed by atoms with Crippen LogP contribution in [-0.2, 0) is 56.8 Å². The lowest BCUT2D eigenvalue weighted by atomic mass is 9.43. The number of fused-ring (bicyclic) bond motifs is 6. The van der Waals surface area contributed by atoms with E-state index >= 15 is 0 Å². The van der Waals surface area contributed by atoms with Gasteiger partial charge in [-0.3, -0.25) is 0 Å². The molecule has 698 valence electrons. The second-order valence-corrected chi connectivity index (χ2v) is 41.5. The van der Waals surface area contributed by atoms with Gasteiger partial charge in [0.25, 0.3) is 0 Å². The molecule has 25 fully saturated rings. The van der Waals surface area contributed by atoms with Crippen LogP contribution in [0.5, 0.6) is 0 Å². The van der Waals surface area contributed by atoms with Crippen molar-refractivity contribution >= 4 is 0 Å². The molecule has 0 aromatic rings. The lowest BCUT2D eigenvalue weighted by molar-refractivity contribution is -0.342. The zero-order valence-electron chi connectivity index (χ0n) is 81.5. The second-order valence-electron chi connectivity index (χ2n) is 41.5.